The summed E-state index contributed by atoms with van der Waals surface area (Å²) < 4.78 is 4.86. The summed E-state index contributed by atoms with van der Waals surface area (Å²) in [6, 6.07) is 64.0. The quantitative estimate of drug-likeness (QED) is 0.180. The smallest absolute Gasteiger partial charge is 0.124 e. The Balaban J connectivity index is 1.08. The van der Waals surface area contributed by atoms with Crippen LogP contribution in [-0.4, -0.2) is 14.1 Å². The first kappa shape index (κ1) is 28.9. The van der Waals surface area contributed by atoms with Crippen LogP contribution in [0.5, 0.6) is 0 Å². The summed E-state index contributed by atoms with van der Waals surface area (Å²) in [7, 11) is 0. The Hall–Kier alpha value is -6.75. The molecule has 3 heterocycles. The summed E-state index contributed by atoms with van der Waals surface area (Å²) in [5, 5.41) is 8.64. The number of fused-ring (bicyclic) bond motifs is 9. The van der Waals surface area contributed by atoms with Gasteiger partial charge in [-0.05, 0) is 59.7 Å². The summed E-state index contributed by atoms with van der Waals surface area (Å²) in [5.41, 5.74) is 14.4. The van der Waals surface area contributed by atoms with Crippen LogP contribution in [-0.2, 0) is 0 Å². The third-order valence-corrected chi connectivity index (χ3v) is 12.2. The topological polar surface area (TPSA) is 22.8 Å². The van der Waals surface area contributed by atoms with Gasteiger partial charge in [0.15, 0.2) is 0 Å². The van der Waals surface area contributed by atoms with Gasteiger partial charge in [-0.15, -0.1) is 11.3 Å². The number of thiazole rings is 1. The van der Waals surface area contributed by atoms with Gasteiger partial charge in [0.25, 0.3) is 0 Å². The van der Waals surface area contributed by atoms with E-state index >= 15 is 0 Å². The van der Waals surface area contributed by atoms with Crippen LogP contribution in [0, 0.1) is 0 Å². The standard InChI is InChI=1S/C49H29N3S/c1-3-13-30(14-4-1)49-50-47-37-21-11-20-35-42(28-26-38(45(35)37)48(47)53-49)52-41-23-10-8-18-36(41)46-33(19-12-24-44(46)52)31-25-27-43-39(29-31)34-17-7-9-22-40(34)51(43)32-15-5-2-6-16-32/h1-29H. The van der Waals surface area contributed by atoms with Gasteiger partial charge in [-0.25, -0.2) is 4.98 Å². The van der Waals surface area contributed by atoms with Crippen LogP contribution in [0.2, 0.25) is 0 Å². The Bertz CT molecular complexity index is 3250. The lowest BCUT2D eigenvalue weighted by Crippen LogP contribution is -1.96. The summed E-state index contributed by atoms with van der Waals surface area (Å²) in [6.45, 7) is 0. The fraction of sp³-hybridized carbons (Fsp3) is 0. The molecule has 3 aromatic heterocycles. The van der Waals surface area contributed by atoms with Crippen molar-refractivity contribution in [2.24, 2.45) is 0 Å². The summed E-state index contributed by atoms with van der Waals surface area (Å²) in [6.07, 6.45) is 0. The molecule has 0 spiro atoms. The van der Waals surface area contributed by atoms with Crippen LogP contribution in [0.3, 0.4) is 0 Å². The molecule has 11 aromatic rings. The monoisotopic (exact) mass is 691 g/mol. The molecule has 0 N–H and O–H groups in total. The number of nitrogens with zero attached hydrogens (tertiary/aromatic N) is 3. The number of aromatic nitrogens is 3. The van der Waals surface area contributed by atoms with Gasteiger partial charge >= 0.3 is 0 Å². The predicted molar refractivity (Wildman–Crippen MR) is 224 cm³/mol. The zero-order chi connectivity index (χ0) is 34.6. The van der Waals surface area contributed by atoms with Crippen LogP contribution >= 0.6 is 11.3 Å². The molecule has 0 aliphatic heterocycles. The Morgan fingerprint density at radius 2 is 1.06 bits per heavy atom. The molecule has 3 nitrogen and oxygen atoms in total. The molecule has 0 fully saturated rings. The lowest BCUT2D eigenvalue weighted by molar-refractivity contribution is 1.18. The van der Waals surface area contributed by atoms with Crippen molar-refractivity contribution in [3.63, 3.8) is 0 Å². The molecule has 12 rings (SSSR count). The van der Waals surface area contributed by atoms with Crippen molar-refractivity contribution in [1.29, 1.82) is 0 Å². The molecule has 8 aromatic carbocycles. The molecule has 0 radical (unpaired) electrons. The third kappa shape index (κ3) is 4.01. The predicted octanol–water partition coefficient (Wildman–Crippen LogP) is 13.5. The molecule has 0 atom stereocenters. The van der Waals surface area contributed by atoms with E-state index in [1.54, 1.807) is 11.3 Å². The van der Waals surface area contributed by atoms with Gasteiger partial charge in [0.1, 0.15) is 5.01 Å². The first-order chi connectivity index (χ1) is 26.3. The Kier molecular flexibility index (Phi) is 5.93. The van der Waals surface area contributed by atoms with Crippen LogP contribution in [0.4, 0.5) is 0 Å². The lowest BCUT2D eigenvalue weighted by Gasteiger charge is -2.14. The molecule has 1 aliphatic carbocycles. The van der Waals surface area contributed by atoms with E-state index in [4.69, 9.17) is 4.98 Å². The second-order valence-corrected chi connectivity index (χ2v) is 14.9. The van der Waals surface area contributed by atoms with Crippen molar-refractivity contribution >= 4 is 65.7 Å². The minimum Gasteiger partial charge on any atom is -0.309 e. The largest absolute Gasteiger partial charge is 0.309 e. The molecule has 0 unspecified atom stereocenters. The molecule has 1 aliphatic rings. The minimum absolute atomic E-state index is 1.07. The molecule has 4 heteroatoms. The molecule has 246 valence electrons. The van der Waals surface area contributed by atoms with Crippen molar-refractivity contribution in [2.75, 3.05) is 0 Å². The van der Waals surface area contributed by atoms with Crippen molar-refractivity contribution in [2.45, 2.75) is 0 Å². The van der Waals surface area contributed by atoms with Crippen molar-refractivity contribution in [3.8, 4) is 54.8 Å². The number of hydrogen-bond donors (Lipinski definition) is 0. The fourth-order valence-corrected chi connectivity index (χ4v) is 9.99. The Labute approximate surface area is 309 Å². The highest BCUT2D eigenvalue weighted by Crippen LogP contribution is 2.53. The number of benzene rings is 8. The minimum atomic E-state index is 1.07. The van der Waals surface area contributed by atoms with Crippen molar-refractivity contribution in [1.82, 2.24) is 14.1 Å². The van der Waals surface area contributed by atoms with E-state index in [1.165, 1.54) is 98.5 Å². The van der Waals surface area contributed by atoms with Crippen molar-refractivity contribution in [3.05, 3.63) is 176 Å². The Morgan fingerprint density at radius 3 is 1.91 bits per heavy atom. The van der Waals surface area contributed by atoms with Gasteiger partial charge in [-0.3, -0.25) is 0 Å². The van der Waals surface area contributed by atoms with Gasteiger partial charge in [0, 0.05) is 54.7 Å². The van der Waals surface area contributed by atoms with E-state index in [0.717, 1.165) is 10.7 Å². The number of hydrogen-bond acceptors (Lipinski definition) is 2. The molecular formula is C49H29N3S. The summed E-state index contributed by atoms with van der Waals surface area (Å²) >= 11 is 1.79. The van der Waals surface area contributed by atoms with E-state index in [9.17, 15) is 0 Å². The Morgan fingerprint density at radius 1 is 0.396 bits per heavy atom. The van der Waals surface area contributed by atoms with Crippen LogP contribution in [0.25, 0.3) is 109 Å². The molecule has 0 saturated heterocycles. The van der Waals surface area contributed by atoms with E-state index < -0.39 is 0 Å². The van der Waals surface area contributed by atoms with E-state index in [2.05, 4.69) is 185 Å². The maximum Gasteiger partial charge on any atom is 0.124 e. The van der Waals surface area contributed by atoms with Gasteiger partial charge in [-0.2, -0.15) is 0 Å². The average Bonchev–Trinajstić information content (AvgIpc) is 3.97. The maximum absolute atomic E-state index is 5.21. The summed E-state index contributed by atoms with van der Waals surface area (Å²) in [4.78, 5) is 6.47. The van der Waals surface area contributed by atoms with E-state index in [1.807, 2.05) is 0 Å². The molecule has 0 amide bonds. The second-order valence-electron chi connectivity index (χ2n) is 13.9. The number of para-hydroxylation sites is 3. The zero-order valence-electron chi connectivity index (χ0n) is 28.5. The van der Waals surface area contributed by atoms with Gasteiger partial charge in [0.2, 0.25) is 0 Å². The van der Waals surface area contributed by atoms with Crippen LogP contribution in [0.15, 0.2) is 176 Å². The molecular weight excluding hydrogens is 663 g/mol. The SMILES string of the molecule is c1ccc(-c2nc3c(s2)-c2ccc(-n4c5ccccc5c5c(-c6ccc7c(c6)c6ccccc6n7-c6ccccc6)cccc54)c4cccc-3c24)cc1. The van der Waals surface area contributed by atoms with Crippen molar-refractivity contribution < 1.29 is 0 Å². The van der Waals surface area contributed by atoms with Gasteiger partial charge in [0.05, 0.1) is 38.3 Å². The molecule has 53 heavy (non-hydrogen) atoms. The first-order valence-electron chi connectivity index (χ1n) is 18.1. The van der Waals surface area contributed by atoms with Gasteiger partial charge in [-0.1, -0.05) is 127 Å². The summed E-state index contributed by atoms with van der Waals surface area (Å²) in [5.74, 6) is 0. The normalized spacial score (nSPS) is 12.2. The van der Waals surface area contributed by atoms with Gasteiger partial charge < -0.3 is 9.13 Å². The highest BCUT2D eigenvalue weighted by atomic mass is 32.1. The second kappa shape index (κ2) is 10.9. The number of rotatable bonds is 4. The molecule has 0 bridgehead atoms. The average molecular weight is 692 g/mol. The highest BCUT2D eigenvalue weighted by Gasteiger charge is 2.28. The van der Waals surface area contributed by atoms with E-state index in [-0.39, 0.29) is 0 Å². The van der Waals surface area contributed by atoms with Crippen LogP contribution in [0.1, 0.15) is 0 Å². The first-order valence-corrected chi connectivity index (χ1v) is 18.9. The third-order valence-electron chi connectivity index (χ3n) is 11.1. The highest BCUT2D eigenvalue weighted by molar-refractivity contribution is 7.19. The van der Waals surface area contributed by atoms with E-state index in [0.29, 0.717) is 0 Å². The van der Waals surface area contributed by atoms with Crippen LogP contribution < -0.4 is 0 Å². The maximum atomic E-state index is 5.21. The molecule has 0 saturated carbocycles. The lowest BCUT2D eigenvalue weighted by atomic mass is 9.98. The fourth-order valence-electron chi connectivity index (χ4n) is 8.88. The zero-order valence-corrected chi connectivity index (χ0v) is 29.3.